The molecule has 2 aromatic rings. The summed E-state index contributed by atoms with van der Waals surface area (Å²) in [7, 11) is 0. The molecule has 0 spiro atoms. The number of nitrogens with zero attached hydrogens (tertiary/aromatic N) is 3. The van der Waals surface area contributed by atoms with Gasteiger partial charge in [0.2, 0.25) is 0 Å². The van der Waals surface area contributed by atoms with Crippen molar-refractivity contribution in [3.63, 3.8) is 0 Å². The lowest BCUT2D eigenvalue weighted by Gasteiger charge is -2.09. The van der Waals surface area contributed by atoms with Crippen LogP contribution >= 0.6 is 0 Å². The lowest BCUT2D eigenvalue weighted by Crippen LogP contribution is -2.13. The van der Waals surface area contributed by atoms with Crippen molar-refractivity contribution < 1.29 is 13.2 Å². The molecule has 0 aliphatic rings. The molecule has 0 saturated heterocycles. The molecule has 0 aliphatic heterocycles. The van der Waals surface area contributed by atoms with E-state index in [4.69, 9.17) is 5.26 Å². The Labute approximate surface area is 101 Å². The topological polar surface area (TPSA) is 41.6 Å². The fourth-order valence-corrected chi connectivity index (χ4v) is 1.82. The molecule has 1 aromatic carbocycles. The van der Waals surface area contributed by atoms with Gasteiger partial charge in [-0.25, -0.2) is 4.98 Å². The zero-order valence-electron chi connectivity index (χ0n) is 9.41. The second kappa shape index (κ2) is 4.69. The first-order chi connectivity index (χ1) is 8.51. The predicted octanol–water partition coefficient (Wildman–Crippen LogP) is 3.05. The number of benzene rings is 1. The zero-order valence-corrected chi connectivity index (χ0v) is 9.41. The number of fused-ring (bicyclic) bond motifs is 1. The molecule has 0 radical (unpaired) electrons. The van der Waals surface area contributed by atoms with Crippen LogP contribution in [-0.2, 0) is 13.0 Å². The van der Waals surface area contributed by atoms with E-state index in [0.717, 1.165) is 0 Å². The summed E-state index contributed by atoms with van der Waals surface area (Å²) >= 11 is 0. The maximum Gasteiger partial charge on any atom is 0.390 e. The molecule has 1 heterocycles. The molecule has 0 fully saturated rings. The summed E-state index contributed by atoms with van der Waals surface area (Å²) in [6.45, 7) is -0.207. The number of imidazole rings is 1. The maximum absolute atomic E-state index is 12.3. The van der Waals surface area contributed by atoms with Crippen molar-refractivity contribution in [3.05, 3.63) is 30.1 Å². The molecule has 2 rings (SSSR count). The van der Waals surface area contributed by atoms with E-state index < -0.39 is 12.6 Å². The third kappa shape index (κ3) is 2.62. The molecule has 94 valence electrons. The summed E-state index contributed by atoms with van der Waals surface area (Å²) in [4.78, 5) is 4.18. The van der Waals surface area contributed by atoms with Crippen LogP contribution in [-0.4, -0.2) is 15.7 Å². The minimum atomic E-state index is -4.21. The number of aromatic nitrogens is 2. The summed E-state index contributed by atoms with van der Waals surface area (Å²) in [5.41, 5.74) is 1.25. The molecule has 0 amide bonds. The molecule has 0 N–H and O–H groups in total. The highest BCUT2D eigenvalue weighted by molar-refractivity contribution is 5.75. The van der Waals surface area contributed by atoms with E-state index in [1.54, 1.807) is 24.3 Å². The quantitative estimate of drug-likeness (QED) is 0.843. The Hall–Kier alpha value is -2.03. The van der Waals surface area contributed by atoms with Gasteiger partial charge in [-0.15, -0.1) is 0 Å². The number of para-hydroxylation sites is 2. The van der Waals surface area contributed by atoms with Crippen LogP contribution in [0.25, 0.3) is 11.0 Å². The van der Waals surface area contributed by atoms with Crippen LogP contribution < -0.4 is 0 Å². The molecule has 3 nitrogen and oxygen atoms in total. The minimum Gasteiger partial charge on any atom is -0.327 e. The highest BCUT2D eigenvalue weighted by Crippen LogP contribution is 2.23. The van der Waals surface area contributed by atoms with Crippen molar-refractivity contribution in [2.45, 2.75) is 25.6 Å². The van der Waals surface area contributed by atoms with Gasteiger partial charge in [0.25, 0.3) is 0 Å². The molecule has 0 aliphatic carbocycles. The van der Waals surface area contributed by atoms with Gasteiger partial charge in [-0.3, -0.25) is 0 Å². The highest BCUT2D eigenvalue weighted by atomic mass is 19.4. The third-order valence-corrected chi connectivity index (χ3v) is 2.59. The smallest absolute Gasteiger partial charge is 0.327 e. The number of nitriles is 1. The number of rotatable bonds is 3. The summed E-state index contributed by atoms with van der Waals surface area (Å²) in [6, 6.07) is 8.85. The number of halogens is 3. The van der Waals surface area contributed by atoms with Crippen molar-refractivity contribution in [3.8, 4) is 6.07 Å². The Morgan fingerprint density at radius 1 is 1.28 bits per heavy atom. The van der Waals surface area contributed by atoms with Crippen molar-refractivity contribution >= 4 is 11.0 Å². The Kier molecular flexibility index (Phi) is 3.24. The molecule has 18 heavy (non-hydrogen) atoms. The lowest BCUT2D eigenvalue weighted by atomic mass is 10.3. The Morgan fingerprint density at radius 2 is 2.00 bits per heavy atom. The van der Waals surface area contributed by atoms with Gasteiger partial charge in [-0.2, -0.15) is 18.4 Å². The summed E-state index contributed by atoms with van der Waals surface area (Å²) in [6.07, 6.45) is -5.13. The van der Waals surface area contributed by atoms with Crippen molar-refractivity contribution in [2.24, 2.45) is 0 Å². The van der Waals surface area contributed by atoms with Crippen LogP contribution in [0.2, 0.25) is 0 Å². The second-order valence-electron chi connectivity index (χ2n) is 3.87. The van der Waals surface area contributed by atoms with E-state index in [1.165, 1.54) is 4.57 Å². The average Bonchev–Trinajstić information content (AvgIpc) is 2.63. The highest BCUT2D eigenvalue weighted by Gasteiger charge is 2.27. The van der Waals surface area contributed by atoms with Crippen LogP contribution in [0, 0.1) is 11.3 Å². The molecule has 1 aromatic heterocycles. The summed E-state index contributed by atoms with van der Waals surface area (Å²) < 4.78 is 38.3. The SMILES string of the molecule is N#CCc1nc2ccccc2n1CCC(F)(F)F. The Morgan fingerprint density at radius 3 is 2.67 bits per heavy atom. The number of hydrogen-bond acceptors (Lipinski definition) is 2. The molecule has 6 heteroatoms. The van der Waals surface area contributed by atoms with Gasteiger partial charge in [0.1, 0.15) is 5.82 Å². The van der Waals surface area contributed by atoms with E-state index >= 15 is 0 Å². The fourth-order valence-electron chi connectivity index (χ4n) is 1.82. The molecule has 0 unspecified atom stereocenters. The predicted molar refractivity (Wildman–Crippen MR) is 59.7 cm³/mol. The van der Waals surface area contributed by atoms with E-state index in [-0.39, 0.29) is 13.0 Å². The summed E-state index contributed by atoms with van der Waals surface area (Å²) in [5, 5.41) is 8.67. The van der Waals surface area contributed by atoms with Gasteiger partial charge in [-0.1, -0.05) is 12.1 Å². The van der Waals surface area contributed by atoms with Gasteiger partial charge in [0.05, 0.1) is 29.9 Å². The zero-order chi connectivity index (χ0) is 13.2. The summed E-state index contributed by atoms with van der Waals surface area (Å²) in [5.74, 6) is 0.378. The normalized spacial score (nSPS) is 11.7. The fraction of sp³-hybridized carbons (Fsp3) is 0.333. The van der Waals surface area contributed by atoms with E-state index in [9.17, 15) is 13.2 Å². The number of hydrogen-bond donors (Lipinski definition) is 0. The minimum absolute atomic E-state index is 0.00649. The first kappa shape index (κ1) is 12.4. The molecular formula is C12H10F3N3. The van der Waals surface area contributed by atoms with Gasteiger partial charge >= 0.3 is 6.18 Å². The maximum atomic E-state index is 12.3. The number of aryl methyl sites for hydroxylation is 1. The Bertz CT molecular complexity index is 593. The second-order valence-corrected chi connectivity index (χ2v) is 3.87. The van der Waals surface area contributed by atoms with Crippen LogP contribution in [0.1, 0.15) is 12.2 Å². The van der Waals surface area contributed by atoms with Gasteiger partial charge < -0.3 is 4.57 Å². The first-order valence-electron chi connectivity index (χ1n) is 5.39. The van der Waals surface area contributed by atoms with Gasteiger partial charge in [-0.05, 0) is 12.1 Å². The standard InChI is InChI=1S/C12H10F3N3/c13-12(14,15)6-8-18-10-4-2-1-3-9(10)17-11(18)5-7-16/h1-4H,5-6,8H2. The Balaban J connectivity index is 2.39. The van der Waals surface area contributed by atoms with Crippen LogP contribution in [0.5, 0.6) is 0 Å². The van der Waals surface area contributed by atoms with Crippen molar-refractivity contribution in [2.75, 3.05) is 0 Å². The van der Waals surface area contributed by atoms with Crippen LogP contribution in [0.3, 0.4) is 0 Å². The van der Waals surface area contributed by atoms with Crippen molar-refractivity contribution in [1.29, 1.82) is 5.26 Å². The molecule has 0 atom stereocenters. The van der Waals surface area contributed by atoms with Gasteiger partial charge in [0, 0.05) is 6.54 Å². The lowest BCUT2D eigenvalue weighted by molar-refractivity contribution is -0.136. The van der Waals surface area contributed by atoms with Crippen molar-refractivity contribution in [1.82, 2.24) is 9.55 Å². The molecule has 0 saturated carbocycles. The third-order valence-electron chi connectivity index (χ3n) is 2.59. The van der Waals surface area contributed by atoms with Crippen LogP contribution in [0.15, 0.2) is 24.3 Å². The van der Waals surface area contributed by atoms with Crippen LogP contribution in [0.4, 0.5) is 13.2 Å². The monoisotopic (exact) mass is 253 g/mol. The van der Waals surface area contributed by atoms with E-state index in [2.05, 4.69) is 4.98 Å². The first-order valence-corrected chi connectivity index (χ1v) is 5.39. The molecule has 0 bridgehead atoms. The van der Waals surface area contributed by atoms with E-state index in [1.807, 2.05) is 6.07 Å². The number of alkyl halides is 3. The largest absolute Gasteiger partial charge is 0.390 e. The van der Waals surface area contributed by atoms with E-state index in [0.29, 0.717) is 16.9 Å². The van der Waals surface area contributed by atoms with Gasteiger partial charge in [0.15, 0.2) is 0 Å². The average molecular weight is 253 g/mol. The molecular weight excluding hydrogens is 243 g/mol.